The normalized spacial score (nSPS) is 23.5. The van der Waals surface area contributed by atoms with Crippen LogP contribution in [0.25, 0.3) is 0 Å². The van der Waals surface area contributed by atoms with Crippen LogP contribution in [0.4, 0.5) is 4.39 Å². The molecular formula is C14H26FN3O. The van der Waals surface area contributed by atoms with Crippen molar-refractivity contribution in [2.75, 3.05) is 26.3 Å². The van der Waals surface area contributed by atoms with Crippen LogP contribution in [-0.4, -0.2) is 53.6 Å². The minimum absolute atomic E-state index is 0.522. The van der Waals surface area contributed by atoms with E-state index in [1.165, 1.54) is 5.56 Å². The van der Waals surface area contributed by atoms with Crippen molar-refractivity contribution in [3.63, 3.8) is 0 Å². The van der Waals surface area contributed by atoms with Crippen LogP contribution in [0.15, 0.2) is 12.4 Å². The molecule has 1 unspecified atom stereocenters. The minimum atomic E-state index is -0.593. The highest BCUT2D eigenvalue weighted by Gasteiger charge is 2.29. The van der Waals surface area contributed by atoms with E-state index in [9.17, 15) is 4.39 Å². The van der Waals surface area contributed by atoms with E-state index in [0.717, 1.165) is 32.6 Å². The predicted molar refractivity (Wildman–Crippen MR) is 75.0 cm³/mol. The van der Waals surface area contributed by atoms with E-state index in [2.05, 4.69) is 15.1 Å². The fourth-order valence-corrected chi connectivity index (χ4v) is 2.03. The van der Waals surface area contributed by atoms with Gasteiger partial charge in [-0.1, -0.05) is 13.8 Å². The zero-order valence-electron chi connectivity index (χ0n) is 12.2. The number of H-pyrrole nitrogens is 1. The Hall–Kier alpha value is -0.940. The number of aryl methyl sites for hydroxylation is 1. The van der Waals surface area contributed by atoms with Crippen LogP contribution in [0.2, 0.25) is 0 Å². The molecule has 2 aliphatic heterocycles. The number of nitrogens with one attached hydrogen (secondary N) is 1. The maximum absolute atomic E-state index is 12.9. The van der Waals surface area contributed by atoms with Crippen molar-refractivity contribution in [2.24, 2.45) is 0 Å². The lowest BCUT2D eigenvalue weighted by Crippen LogP contribution is -2.52. The molecule has 1 aromatic heterocycles. The van der Waals surface area contributed by atoms with Gasteiger partial charge < -0.3 is 4.74 Å². The van der Waals surface area contributed by atoms with Crippen LogP contribution < -0.4 is 0 Å². The molecule has 5 heteroatoms. The summed E-state index contributed by atoms with van der Waals surface area (Å²) in [6, 6.07) is 0.522. The number of halogens is 1. The number of alkyl halides is 1. The van der Waals surface area contributed by atoms with Crippen molar-refractivity contribution >= 4 is 0 Å². The van der Waals surface area contributed by atoms with E-state index >= 15 is 0 Å². The lowest BCUT2D eigenvalue weighted by molar-refractivity contribution is -0.0780. The van der Waals surface area contributed by atoms with E-state index in [0.29, 0.717) is 12.6 Å². The van der Waals surface area contributed by atoms with Crippen molar-refractivity contribution in [3.8, 4) is 0 Å². The molecule has 2 aliphatic rings. The van der Waals surface area contributed by atoms with Crippen molar-refractivity contribution in [1.29, 1.82) is 0 Å². The fraction of sp³-hybridized carbons (Fsp3) is 0.786. The minimum Gasteiger partial charge on any atom is -0.378 e. The Morgan fingerprint density at radius 3 is 2.53 bits per heavy atom. The molecule has 0 bridgehead atoms. The maximum atomic E-state index is 12.9. The van der Waals surface area contributed by atoms with Gasteiger partial charge in [0.1, 0.15) is 6.17 Å². The summed E-state index contributed by atoms with van der Waals surface area (Å²) in [6.45, 7) is 9.31. The Labute approximate surface area is 115 Å². The van der Waals surface area contributed by atoms with Gasteiger partial charge in [0.2, 0.25) is 0 Å². The largest absolute Gasteiger partial charge is 0.378 e. The molecule has 3 rings (SSSR count). The first kappa shape index (κ1) is 16.1. The molecule has 0 radical (unpaired) electrons. The van der Waals surface area contributed by atoms with Crippen LogP contribution >= 0.6 is 0 Å². The molecular weight excluding hydrogens is 245 g/mol. The van der Waals surface area contributed by atoms with E-state index in [4.69, 9.17) is 4.74 Å². The number of hydrogen-bond acceptors (Lipinski definition) is 3. The van der Waals surface area contributed by atoms with Crippen molar-refractivity contribution < 1.29 is 9.13 Å². The third-order valence-electron chi connectivity index (χ3n) is 3.17. The molecule has 0 aromatic carbocycles. The average Bonchev–Trinajstić information content (AvgIpc) is 2.82. The summed E-state index contributed by atoms with van der Waals surface area (Å²) < 4.78 is 17.9. The van der Waals surface area contributed by atoms with E-state index in [1.807, 2.05) is 27.0 Å². The molecule has 110 valence electrons. The summed E-state index contributed by atoms with van der Waals surface area (Å²) in [4.78, 5) is 2.22. The van der Waals surface area contributed by atoms with Crippen molar-refractivity contribution in [2.45, 2.75) is 45.8 Å². The van der Waals surface area contributed by atoms with Crippen LogP contribution in [-0.2, 0) is 4.74 Å². The third kappa shape index (κ3) is 5.70. The second kappa shape index (κ2) is 9.04. The summed E-state index contributed by atoms with van der Waals surface area (Å²) in [6.07, 6.45) is 4.80. The van der Waals surface area contributed by atoms with E-state index in [1.54, 1.807) is 6.20 Å². The van der Waals surface area contributed by atoms with Gasteiger partial charge >= 0.3 is 0 Å². The topological polar surface area (TPSA) is 41.2 Å². The average molecular weight is 271 g/mol. The Bertz CT molecular complexity index is 315. The van der Waals surface area contributed by atoms with Crippen LogP contribution in [0.1, 0.15) is 32.3 Å². The van der Waals surface area contributed by atoms with Crippen molar-refractivity contribution in [3.05, 3.63) is 18.0 Å². The number of hydrogen-bond donors (Lipinski definition) is 1. The Morgan fingerprint density at radius 2 is 2.16 bits per heavy atom. The predicted octanol–water partition coefficient (Wildman–Crippen LogP) is 2.56. The molecule has 2 saturated heterocycles. The van der Waals surface area contributed by atoms with Gasteiger partial charge in [-0.25, -0.2) is 4.39 Å². The molecule has 1 aromatic rings. The van der Waals surface area contributed by atoms with Gasteiger partial charge in [-0.05, 0) is 31.9 Å². The summed E-state index contributed by atoms with van der Waals surface area (Å²) in [5.74, 6) is 0. The lowest BCUT2D eigenvalue weighted by atomic mass is 10.1. The summed E-state index contributed by atoms with van der Waals surface area (Å²) in [7, 11) is 0. The van der Waals surface area contributed by atoms with E-state index < -0.39 is 6.17 Å². The summed E-state index contributed by atoms with van der Waals surface area (Å²) in [5.41, 5.74) is 1.18. The van der Waals surface area contributed by atoms with Crippen LogP contribution in [0.3, 0.4) is 0 Å². The molecule has 2 fully saturated rings. The number of nitrogens with zero attached hydrogens (tertiary/aromatic N) is 2. The number of rotatable bonds is 1. The van der Waals surface area contributed by atoms with Gasteiger partial charge in [0.25, 0.3) is 0 Å². The van der Waals surface area contributed by atoms with Crippen molar-refractivity contribution in [1.82, 2.24) is 15.1 Å². The second-order valence-electron chi connectivity index (χ2n) is 4.70. The highest BCUT2D eigenvalue weighted by molar-refractivity contribution is 4.96. The van der Waals surface area contributed by atoms with Gasteiger partial charge in [0, 0.05) is 12.7 Å². The zero-order chi connectivity index (χ0) is 14.1. The molecule has 3 heterocycles. The molecule has 0 spiro atoms. The quantitative estimate of drug-likeness (QED) is 0.853. The maximum Gasteiger partial charge on any atom is 0.113 e. The molecule has 1 N–H and O–H groups in total. The van der Waals surface area contributed by atoms with Crippen LogP contribution in [0.5, 0.6) is 0 Å². The molecule has 0 saturated carbocycles. The Kier molecular flexibility index (Phi) is 7.67. The first-order valence-corrected chi connectivity index (χ1v) is 7.17. The number of ether oxygens (including phenoxy) is 1. The number of piperidine rings is 1. The molecule has 1 atom stereocenters. The molecule has 19 heavy (non-hydrogen) atoms. The SMILES string of the molecule is CC.Cc1cn[nH]c1.FC1CCCN(C2COC2)C1. The molecule has 0 aliphatic carbocycles. The first-order chi connectivity index (χ1) is 9.25. The van der Waals surface area contributed by atoms with E-state index in [-0.39, 0.29) is 0 Å². The summed E-state index contributed by atoms with van der Waals surface area (Å²) >= 11 is 0. The smallest absolute Gasteiger partial charge is 0.113 e. The Morgan fingerprint density at radius 1 is 1.42 bits per heavy atom. The fourth-order valence-electron chi connectivity index (χ4n) is 2.03. The highest BCUT2D eigenvalue weighted by atomic mass is 19.1. The van der Waals surface area contributed by atoms with Gasteiger partial charge in [0.15, 0.2) is 0 Å². The summed E-state index contributed by atoms with van der Waals surface area (Å²) in [5, 5.41) is 6.38. The van der Waals surface area contributed by atoms with Gasteiger partial charge in [-0.3, -0.25) is 10.00 Å². The Balaban J connectivity index is 0.000000192. The standard InChI is InChI=1S/C8H14FNO.C4H6N2.C2H6/c9-7-2-1-3-10(4-7)8-5-11-6-8;1-4-2-5-6-3-4;1-2/h7-8H,1-6H2;2-3H,1H3,(H,5,6);1-2H3. The van der Waals surface area contributed by atoms with Gasteiger partial charge in [-0.15, -0.1) is 0 Å². The molecule has 0 amide bonds. The zero-order valence-corrected chi connectivity index (χ0v) is 12.2. The number of aromatic nitrogens is 2. The van der Waals surface area contributed by atoms with Gasteiger partial charge in [-0.2, -0.15) is 5.10 Å². The highest BCUT2D eigenvalue weighted by Crippen LogP contribution is 2.18. The second-order valence-corrected chi connectivity index (χ2v) is 4.70. The first-order valence-electron chi connectivity index (χ1n) is 7.17. The monoisotopic (exact) mass is 271 g/mol. The molecule has 4 nitrogen and oxygen atoms in total. The van der Waals surface area contributed by atoms with Gasteiger partial charge in [0.05, 0.1) is 25.5 Å². The lowest BCUT2D eigenvalue weighted by Gasteiger charge is -2.40. The number of likely N-dealkylation sites (tertiary alicyclic amines) is 1. The third-order valence-corrected chi connectivity index (χ3v) is 3.17. The van der Waals surface area contributed by atoms with Crippen LogP contribution in [0, 0.1) is 6.92 Å². The number of aromatic amines is 1.